The molecule has 16 heavy (non-hydrogen) atoms. The maximum absolute atomic E-state index is 10.5. The van der Waals surface area contributed by atoms with E-state index in [1.54, 1.807) is 25.9 Å². The Morgan fingerprint density at radius 3 is 1.31 bits per heavy atom. The molecule has 0 aromatic heterocycles. The van der Waals surface area contributed by atoms with Crippen LogP contribution in [0.5, 0.6) is 0 Å². The van der Waals surface area contributed by atoms with Crippen LogP contribution < -0.4 is 0 Å². The van der Waals surface area contributed by atoms with E-state index in [1.165, 1.54) is 18.7 Å². The van der Waals surface area contributed by atoms with Gasteiger partial charge in [0.05, 0.1) is 6.54 Å². The van der Waals surface area contributed by atoms with Crippen molar-refractivity contribution in [2.24, 2.45) is 0 Å². The second-order valence-corrected chi connectivity index (χ2v) is 3.61. The van der Waals surface area contributed by atoms with Gasteiger partial charge < -0.3 is 9.80 Å². The number of likely N-dealkylation sites (N-methyl/N-ethyl adjacent to an activating group) is 1. The summed E-state index contributed by atoms with van der Waals surface area (Å²) in [6.07, 6.45) is 0. The van der Waals surface area contributed by atoms with Crippen LogP contribution in [0, 0.1) is 0 Å². The molecule has 94 valence electrons. The van der Waals surface area contributed by atoms with E-state index in [-0.39, 0.29) is 24.1 Å². The van der Waals surface area contributed by atoms with Crippen LogP contribution in [-0.2, 0) is 14.4 Å². The molecule has 5 heteroatoms. The summed E-state index contributed by atoms with van der Waals surface area (Å²) >= 11 is 0. The average Bonchev–Trinajstić information content (AvgIpc) is 2.16. The van der Waals surface area contributed by atoms with Crippen molar-refractivity contribution in [2.75, 3.05) is 27.2 Å². The topological polar surface area (TPSA) is 57.7 Å². The zero-order valence-corrected chi connectivity index (χ0v) is 11.0. The number of amides is 2. The zero-order chi connectivity index (χ0) is 13.3. The van der Waals surface area contributed by atoms with Crippen LogP contribution in [0.25, 0.3) is 0 Å². The molecule has 0 aliphatic carbocycles. The molecule has 0 atom stereocenters. The van der Waals surface area contributed by atoms with Gasteiger partial charge in [0.1, 0.15) is 5.78 Å². The van der Waals surface area contributed by atoms with Gasteiger partial charge >= 0.3 is 0 Å². The fourth-order valence-electron chi connectivity index (χ4n) is 0.668. The van der Waals surface area contributed by atoms with Crippen LogP contribution in [0.15, 0.2) is 0 Å². The smallest absolute Gasteiger partial charge is 0.219 e. The molecule has 0 heterocycles. The average molecular weight is 230 g/mol. The molecule has 0 spiro atoms. The number of carbonyl (C=O) groups excluding carboxylic acids is 3. The Bertz CT molecular complexity index is 252. The Kier molecular flexibility index (Phi) is 9.45. The number of carbonyl (C=O) groups is 3. The van der Waals surface area contributed by atoms with Crippen LogP contribution in [0.2, 0.25) is 0 Å². The Labute approximate surface area is 97.4 Å². The second kappa shape index (κ2) is 8.88. The maximum atomic E-state index is 10.5. The Hall–Kier alpha value is -1.39. The first-order valence-electron chi connectivity index (χ1n) is 5.15. The first-order chi connectivity index (χ1) is 7.22. The molecule has 0 aromatic carbocycles. The minimum absolute atomic E-state index is 0.00713. The Morgan fingerprint density at radius 2 is 1.25 bits per heavy atom. The summed E-state index contributed by atoms with van der Waals surface area (Å²) in [6, 6.07) is 0. The lowest BCUT2D eigenvalue weighted by atomic mass is 10.4. The predicted octanol–water partition coefficient (Wildman–Crippen LogP) is 0.538. The van der Waals surface area contributed by atoms with Crippen LogP contribution in [0.3, 0.4) is 0 Å². The molecule has 0 rings (SSSR count). The minimum Gasteiger partial charge on any atom is -0.346 e. The van der Waals surface area contributed by atoms with E-state index >= 15 is 0 Å². The number of hydrogen-bond donors (Lipinski definition) is 0. The fraction of sp³-hybridized carbons (Fsp3) is 0.727. The molecule has 0 N–H and O–H groups in total. The molecular weight excluding hydrogens is 208 g/mol. The summed E-state index contributed by atoms with van der Waals surface area (Å²) in [4.78, 5) is 34.1. The zero-order valence-electron chi connectivity index (χ0n) is 11.0. The van der Waals surface area contributed by atoms with E-state index in [4.69, 9.17) is 0 Å². The standard InChI is InChI=1S/C6H11NO2.C5H11NO/c1-5(8)4-7(3)6(2)9;1-4-6(3)5(2)7/h4H2,1-3H3;4H2,1-3H3. The van der Waals surface area contributed by atoms with Gasteiger partial charge in [-0.05, 0) is 13.8 Å². The molecule has 0 saturated heterocycles. The molecule has 0 radical (unpaired) electrons. The first-order valence-corrected chi connectivity index (χ1v) is 5.15. The highest BCUT2D eigenvalue weighted by molar-refractivity contribution is 5.83. The molecule has 0 saturated carbocycles. The van der Waals surface area contributed by atoms with Crippen LogP contribution in [-0.4, -0.2) is 54.6 Å². The summed E-state index contributed by atoms with van der Waals surface area (Å²) in [5, 5.41) is 0. The van der Waals surface area contributed by atoms with E-state index in [0.29, 0.717) is 0 Å². The third kappa shape index (κ3) is 10.7. The van der Waals surface area contributed by atoms with Gasteiger partial charge in [0.2, 0.25) is 11.8 Å². The molecule has 0 aliphatic rings. The number of ketones is 1. The molecule has 2 amide bonds. The highest BCUT2D eigenvalue weighted by Gasteiger charge is 2.02. The van der Waals surface area contributed by atoms with E-state index < -0.39 is 0 Å². The van der Waals surface area contributed by atoms with Crippen molar-refractivity contribution < 1.29 is 14.4 Å². The van der Waals surface area contributed by atoms with E-state index in [0.717, 1.165) is 6.54 Å². The summed E-state index contributed by atoms with van der Waals surface area (Å²) in [7, 11) is 3.38. The van der Waals surface area contributed by atoms with Gasteiger partial charge in [-0.1, -0.05) is 0 Å². The highest BCUT2D eigenvalue weighted by Crippen LogP contribution is 1.82. The van der Waals surface area contributed by atoms with Crippen molar-refractivity contribution in [3.05, 3.63) is 0 Å². The number of nitrogens with zero attached hydrogens (tertiary/aromatic N) is 2. The van der Waals surface area contributed by atoms with E-state index in [1.807, 2.05) is 6.92 Å². The monoisotopic (exact) mass is 230 g/mol. The summed E-state index contributed by atoms with van der Waals surface area (Å²) < 4.78 is 0. The number of hydrogen-bond acceptors (Lipinski definition) is 3. The van der Waals surface area contributed by atoms with Crippen molar-refractivity contribution in [3.63, 3.8) is 0 Å². The third-order valence-electron chi connectivity index (χ3n) is 2.01. The van der Waals surface area contributed by atoms with Gasteiger partial charge in [-0.2, -0.15) is 0 Å². The van der Waals surface area contributed by atoms with Crippen LogP contribution in [0.4, 0.5) is 0 Å². The third-order valence-corrected chi connectivity index (χ3v) is 2.01. The van der Waals surface area contributed by atoms with Crippen molar-refractivity contribution in [1.82, 2.24) is 9.80 Å². The van der Waals surface area contributed by atoms with Gasteiger partial charge in [-0.15, -0.1) is 0 Å². The minimum atomic E-state index is -0.0785. The van der Waals surface area contributed by atoms with E-state index in [9.17, 15) is 14.4 Å². The quantitative estimate of drug-likeness (QED) is 0.711. The highest BCUT2D eigenvalue weighted by atomic mass is 16.2. The Balaban J connectivity index is 0. The largest absolute Gasteiger partial charge is 0.346 e. The molecular formula is C11H22N2O3. The number of rotatable bonds is 3. The fourth-order valence-corrected chi connectivity index (χ4v) is 0.668. The van der Waals surface area contributed by atoms with Gasteiger partial charge in [-0.25, -0.2) is 0 Å². The van der Waals surface area contributed by atoms with Crippen molar-refractivity contribution in [2.45, 2.75) is 27.7 Å². The molecule has 5 nitrogen and oxygen atoms in total. The summed E-state index contributed by atoms with van der Waals surface area (Å²) in [5.41, 5.74) is 0. The van der Waals surface area contributed by atoms with Crippen molar-refractivity contribution >= 4 is 17.6 Å². The lowest BCUT2D eigenvalue weighted by molar-refractivity contribution is -0.131. The normalized spacial score (nSPS) is 8.62. The first kappa shape index (κ1) is 17.0. The summed E-state index contributed by atoms with van der Waals surface area (Å²) in [5.74, 6) is 0.0559. The van der Waals surface area contributed by atoms with Gasteiger partial charge in [0, 0.05) is 34.5 Å². The molecule has 0 aromatic rings. The van der Waals surface area contributed by atoms with Crippen LogP contribution in [0.1, 0.15) is 27.7 Å². The maximum Gasteiger partial charge on any atom is 0.219 e. The molecule has 0 aliphatic heterocycles. The molecule has 0 unspecified atom stereocenters. The molecule has 0 fully saturated rings. The van der Waals surface area contributed by atoms with Crippen molar-refractivity contribution in [3.8, 4) is 0 Å². The lowest BCUT2D eigenvalue weighted by Gasteiger charge is -2.10. The summed E-state index contributed by atoms with van der Waals surface area (Å²) in [6.45, 7) is 7.41. The van der Waals surface area contributed by atoms with Gasteiger partial charge in [-0.3, -0.25) is 14.4 Å². The second-order valence-electron chi connectivity index (χ2n) is 3.61. The van der Waals surface area contributed by atoms with Gasteiger partial charge in [0.15, 0.2) is 0 Å². The van der Waals surface area contributed by atoms with E-state index in [2.05, 4.69) is 0 Å². The molecule has 0 bridgehead atoms. The number of Topliss-reactive ketones (excluding diaryl/α,β-unsaturated/α-hetero) is 1. The SMILES string of the molecule is CC(=O)CN(C)C(C)=O.CCN(C)C(C)=O. The van der Waals surface area contributed by atoms with Gasteiger partial charge in [0.25, 0.3) is 0 Å². The predicted molar refractivity (Wildman–Crippen MR) is 63.0 cm³/mol. The van der Waals surface area contributed by atoms with Crippen LogP contribution >= 0.6 is 0 Å². The lowest BCUT2D eigenvalue weighted by Crippen LogP contribution is -2.28. The Morgan fingerprint density at radius 1 is 0.875 bits per heavy atom. The van der Waals surface area contributed by atoms with Crippen molar-refractivity contribution in [1.29, 1.82) is 0 Å².